The second-order valence-electron chi connectivity index (χ2n) is 6.45. The van der Waals surface area contributed by atoms with Gasteiger partial charge in [0.15, 0.2) is 0 Å². The number of hydrogen-bond donors (Lipinski definition) is 1. The standard InChI is InChI=1S/C21H28N2O4/c1-16(21(26)27-4)22-20(25)18-13-10-12-17(15-18)11-8-6-5-7-9-14-19(24)23(2)3/h10,12-13,15-16H,5-7,9,14H2,1-4H3,(H,22,25)/t16-/m1/s1. The van der Waals surface area contributed by atoms with Crippen LogP contribution in [0.2, 0.25) is 0 Å². The van der Waals surface area contributed by atoms with E-state index in [1.165, 1.54) is 7.11 Å². The van der Waals surface area contributed by atoms with E-state index >= 15 is 0 Å². The number of nitrogens with zero attached hydrogens (tertiary/aromatic N) is 1. The Bertz CT molecular complexity index is 716. The predicted molar refractivity (Wildman–Crippen MR) is 104 cm³/mol. The molecule has 0 bridgehead atoms. The molecule has 0 saturated carbocycles. The molecular formula is C21H28N2O4. The van der Waals surface area contributed by atoms with Gasteiger partial charge in [0.2, 0.25) is 5.91 Å². The number of amides is 2. The van der Waals surface area contributed by atoms with E-state index in [1.807, 2.05) is 6.07 Å². The third-order valence-corrected chi connectivity index (χ3v) is 3.95. The van der Waals surface area contributed by atoms with E-state index in [9.17, 15) is 14.4 Å². The zero-order chi connectivity index (χ0) is 20.2. The molecule has 2 amide bonds. The van der Waals surface area contributed by atoms with E-state index < -0.39 is 12.0 Å². The predicted octanol–water partition coefficient (Wildman–Crippen LogP) is 2.37. The SMILES string of the molecule is COC(=O)[C@@H](C)NC(=O)c1cccc(C#CCCCCCC(=O)N(C)C)c1. The van der Waals surface area contributed by atoms with E-state index in [4.69, 9.17) is 0 Å². The molecule has 1 aromatic rings. The van der Waals surface area contributed by atoms with Gasteiger partial charge in [-0.05, 0) is 38.0 Å². The average Bonchev–Trinajstić information content (AvgIpc) is 2.66. The summed E-state index contributed by atoms with van der Waals surface area (Å²) in [5.74, 6) is 5.46. The number of hydrogen-bond acceptors (Lipinski definition) is 4. The minimum atomic E-state index is -0.711. The van der Waals surface area contributed by atoms with Crippen LogP contribution in [0, 0.1) is 11.8 Å². The molecule has 0 saturated heterocycles. The lowest BCUT2D eigenvalue weighted by Crippen LogP contribution is -2.39. The molecule has 0 aliphatic rings. The minimum Gasteiger partial charge on any atom is -0.467 e. The monoisotopic (exact) mass is 372 g/mol. The highest BCUT2D eigenvalue weighted by Gasteiger charge is 2.16. The van der Waals surface area contributed by atoms with Crippen molar-refractivity contribution in [2.75, 3.05) is 21.2 Å². The van der Waals surface area contributed by atoms with Crippen molar-refractivity contribution in [2.45, 2.75) is 45.1 Å². The molecule has 1 atom stereocenters. The lowest BCUT2D eigenvalue weighted by Gasteiger charge is -2.11. The largest absolute Gasteiger partial charge is 0.467 e. The van der Waals surface area contributed by atoms with Crippen LogP contribution in [0.1, 0.15) is 54.9 Å². The van der Waals surface area contributed by atoms with Gasteiger partial charge in [-0.2, -0.15) is 0 Å². The first-order chi connectivity index (χ1) is 12.8. The Morgan fingerprint density at radius 1 is 1.19 bits per heavy atom. The molecule has 0 aliphatic heterocycles. The first-order valence-corrected chi connectivity index (χ1v) is 9.03. The first kappa shape index (κ1) is 22.2. The summed E-state index contributed by atoms with van der Waals surface area (Å²) in [7, 11) is 4.80. The Morgan fingerprint density at radius 3 is 2.59 bits per heavy atom. The Kier molecular flexibility index (Phi) is 9.66. The number of benzene rings is 1. The van der Waals surface area contributed by atoms with Crippen molar-refractivity contribution in [3.63, 3.8) is 0 Å². The van der Waals surface area contributed by atoms with Crippen molar-refractivity contribution < 1.29 is 19.1 Å². The summed E-state index contributed by atoms with van der Waals surface area (Å²) in [4.78, 5) is 36.6. The van der Waals surface area contributed by atoms with Gasteiger partial charge in [0, 0.05) is 38.1 Å². The van der Waals surface area contributed by atoms with Crippen molar-refractivity contribution in [3.05, 3.63) is 35.4 Å². The second-order valence-corrected chi connectivity index (χ2v) is 6.45. The third kappa shape index (κ3) is 8.41. The van der Waals surface area contributed by atoms with Crippen LogP contribution in [0.25, 0.3) is 0 Å². The van der Waals surface area contributed by atoms with Crippen LogP contribution in [-0.4, -0.2) is 49.9 Å². The topological polar surface area (TPSA) is 75.7 Å². The van der Waals surface area contributed by atoms with Crippen LogP contribution in [0.3, 0.4) is 0 Å². The third-order valence-electron chi connectivity index (χ3n) is 3.95. The molecule has 6 heteroatoms. The lowest BCUT2D eigenvalue weighted by molar-refractivity contribution is -0.142. The summed E-state index contributed by atoms with van der Waals surface area (Å²) in [6.07, 6.45) is 4.08. The van der Waals surface area contributed by atoms with Gasteiger partial charge in [-0.15, -0.1) is 0 Å². The van der Waals surface area contributed by atoms with Gasteiger partial charge in [0.25, 0.3) is 5.91 Å². The summed E-state index contributed by atoms with van der Waals surface area (Å²) in [6.45, 7) is 1.57. The smallest absolute Gasteiger partial charge is 0.328 e. The van der Waals surface area contributed by atoms with Crippen LogP contribution in [0.4, 0.5) is 0 Å². The van der Waals surface area contributed by atoms with Crippen molar-refractivity contribution >= 4 is 17.8 Å². The van der Waals surface area contributed by atoms with Crippen molar-refractivity contribution in [1.29, 1.82) is 0 Å². The van der Waals surface area contributed by atoms with Gasteiger partial charge < -0.3 is 15.0 Å². The Balaban J connectivity index is 2.46. The molecule has 0 unspecified atom stereocenters. The molecule has 0 heterocycles. The molecule has 0 spiro atoms. The van der Waals surface area contributed by atoms with Crippen LogP contribution in [0.5, 0.6) is 0 Å². The zero-order valence-electron chi connectivity index (χ0n) is 16.5. The fraction of sp³-hybridized carbons (Fsp3) is 0.476. The van der Waals surface area contributed by atoms with E-state index in [0.717, 1.165) is 31.2 Å². The maximum atomic E-state index is 12.2. The van der Waals surface area contributed by atoms with Crippen molar-refractivity contribution in [1.82, 2.24) is 10.2 Å². The molecule has 146 valence electrons. The number of ether oxygens (including phenoxy) is 1. The number of carbonyl (C=O) groups excluding carboxylic acids is 3. The fourth-order valence-corrected chi connectivity index (χ4v) is 2.31. The highest BCUT2D eigenvalue weighted by atomic mass is 16.5. The zero-order valence-corrected chi connectivity index (χ0v) is 16.5. The molecule has 27 heavy (non-hydrogen) atoms. The number of carbonyl (C=O) groups is 3. The number of unbranched alkanes of at least 4 members (excludes halogenated alkanes) is 3. The molecule has 1 aromatic carbocycles. The number of rotatable bonds is 8. The van der Waals surface area contributed by atoms with Crippen LogP contribution in [-0.2, 0) is 14.3 Å². The van der Waals surface area contributed by atoms with Crippen LogP contribution in [0.15, 0.2) is 24.3 Å². The van der Waals surface area contributed by atoms with Gasteiger partial charge in [-0.1, -0.05) is 24.3 Å². The lowest BCUT2D eigenvalue weighted by atomic mass is 10.1. The molecule has 0 fully saturated rings. The van der Waals surface area contributed by atoms with E-state index in [-0.39, 0.29) is 11.8 Å². The molecule has 0 aliphatic carbocycles. The van der Waals surface area contributed by atoms with Crippen LogP contribution < -0.4 is 5.32 Å². The Hall–Kier alpha value is -2.81. The quantitative estimate of drug-likeness (QED) is 0.432. The Morgan fingerprint density at radius 2 is 1.93 bits per heavy atom. The summed E-state index contributed by atoms with van der Waals surface area (Å²) in [5.41, 5.74) is 1.19. The highest BCUT2D eigenvalue weighted by molar-refractivity contribution is 5.96. The number of esters is 1. The first-order valence-electron chi connectivity index (χ1n) is 9.03. The molecule has 1 N–H and O–H groups in total. The summed E-state index contributed by atoms with van der Waals surface area (Å²) >= 11 is 0. The van der Waals surface area contributed by atoms with Crippen molar-refractivity contribution in [2.24, 2.45) is 0 Å². The Labute approximate surface area is 161 Å². The fourth-order valence-electron chi connectivity index (χ4n) is 2.31. The van der Waals surface area contributed by atoms with E-state index in [1.54, 1.807) is 44.1 Å². The van der Waals surface area contributed by atoms with Crippen LogP contribution >= 0.6 is 0 Å². The summed E-state index contributed by atoms with van der Waals surface area (Å²) in [5, 5.41) is 2.59. The number of nitrogens with one attached hydrogen (secondary N) is 1. The minimum absolute atomic E-state index is 0.151. The normalized spacial score (nSPS) is 11.0. The highest BCUT2D eigenvalue weighted by Crippen LogP contribution is 2.07. The maximum absolute atomic E-state index is 12.2. The summed E-state index contributed by atoms with van der Waals surface area (Å²) < 4.78 is 4.59. The molecule has 1 rings (SSSR count). The van der Waals surface area contributed by atoms with Gasteiger partial charge in [-0.3, -0.25) is 9.59 Å². The van der Waals surface area contributed by atoms with Gasteiger partial charge in [-0.25, -0.2) is 4.79 Å². The molecular weight excluding hydrogens is 344 g/mol. The maximum Gasteiger partial charge on any atom is 0.328 e. The van der Waals surface area contributed by atoms with Gasteiger partial charge in [0.1, 0.15) is 6.04 Å². The average molecular weight is 372 g/mol. The van der Waals surface area contributed by atoms with Gasteiger partial charge >= 0.3 is 5.97 Å². The van der Waals surface area contributed by atoms with Crippen molar-refractivity contribution in [3.8, 4) is 11.8 Å². The summed E-state index contributed by atoms with van der Waals surface area (Å²) in [6, 6.07) is 6.25. The molecule has 0 aromatic heterocycles. The number of methoxy groups -OCH3 is 1. The molecule has 0 radical (unpaired) electrons. The van der Waals surface area contributed by atoms with E-state index in [0.29, 0.717) is 12.0 Å². The van der Waals surface area contributed by atoms with Gasteiger partial charge in [0.05, 0.1) is 7.11 Å². The second kappa shape index (κ2) is 11.7. The molecule has 6 nitrogen and oxygen atoms in total. The van der Waals surface area contributed by atoms with E-state index in [2.05, 4.69) is 21.9 Å².